The van der Waals surface area contributed by atoms with Gasteiger partial charge in [-0.15, -0.1) is 0 Å². The first kappa shape index (κ1) is 27.4. The summed E-state index contributed by atoms with van der Waals surface area (Å²) in [7, 11) is 0. The number of hydrogen-bond acceptors (Lipinski definition) is 5. The van der Waals surface area contributed by atoms with Crippen LogP contribution in [0.1, 0.15) is 52.1 Å². The molecule has 1 saturated heterocycles. The number of fused-ring (bicyclic) bond motifs is 1. The molecule has 0 radical (unpaired) electrons. The van der Waals surface area contributed by atoms with Crippen molar-refractivity contribution in [2.45, 2.75) is 26.7 Å². The van der Waals surface area contributed by atoms with Crippen LogP contribution in [-0.4, -0.2) is 38.1 Å². The van der Waals surface area contributed by atoms with E-state index in [9.17, 15) is 14.0 Å². The van der Waals surface area contributed by atoms with E-state index in [2.05, 4.69) is 10.6 Å². The minimum absolute atomic E-state index is 0.133. The topological polar surface area (TPSA) is 107 Å². The van der Waals surface area contributed by atoms with Gasteiger partial charge in [0.15, 0.2) is 0 Å². The number of furan rings is 1. The first-order chi connectivity index (χ1) is 19.3. The molecule has 1 aromatic heterocycles. The molecule has 0 spiro atoms. The zero-order chi connectivity index (χ0) is 28.2. The van der Waals surface area contributed by atoms with Crippen LogP contribution in [0.3, 0.4) is 0 Å². The molecular formula is C32H34FN3O4. The number of nitrogens with two attached hydrogens (primary N) is 1. The zero-order valence-electron chi connectivity index (χ0n) is 22.8. The number of ether oxygens (including phenoxy) is 1. The predicted molar refractivity (Wildman–Crippen MR) is 153 cm³/mol. The van der Waals surface area contributed by atoms with Gasteiger partial charge in [-0.3, -0.25) is 9.59 Å². The number of primary amides is 1. The number of rotatable bonds is 10. The molecule has 1 atom stereocenters. The summed E-state index contributed by atoms with van der Waals surface area (Å²) < 4.78 is 25.8. The van der Waals surface area contributed by atoms with Gasteiger partial charge in [0.1, 0.15) is 22.9 Å². The van der Waals surface area contributed by atoms with Crippen molar-refractivity contribution in [3.63, 3.8) is 0 Å². The van der Waals surface area contributed by atoms with Gasteiger partial charge in [0.05, 0.1) is 12.2 Å². The molecule has 0 saturated carbocycles. The summed E-state index contributed by atoms with van der Waals surface area (Å²) >= 11 is 0. The molecule has 3 aromatic carbocycles. The third-order valence-electron chi connectivity index (χ3n) is 7.13. The summed E-state index contributed by atoms with van der Waals surface area (Å²) in [5.74, 6) is 0.656. The lowest BCUT2D eigenvalue weighted by molar-refractivity contribution is 0.0947. The predicted octanol–water partition coefficient (Wildman–Crippen LogP) is 5.30. The van der Waals surface area contributed by atoms with Crippen molar-refractivity contribution in [1.82, 2.24) is 10.6 Å². The molecule has 8 heteroatoms. The quantitative estimate of drug-likeness (QED) is 0.252. The van der Waals surface area contributed by atoms with Gasteiger partial charge in [0, 0.05) is 41.9 Å². The molecule has 5 rings (SSSR count). The van der Waals surface area contributed by atoms with Gasteiger partial charge in [-0.2, -0.15) is 0 Å². The van der Waals surface area contributed by atoms with Crippen molar-refractivity contribution >= 4 is 22.8 Å². The molecule has 2 amide bonds. The average Bonchev–Trinajstić information content (AvgIpc) is 3.59. The summed E-state index contributed by atoms with van der Waals surface area (Å²) in [4.78, 5) is 25.4. The SMILES string of the molecule is CC(C)CNC(=O)c1ccc(OCC2CCNC2)c(Cc2ccc3oc(-c4ccc(F)cc4)c(C(N)=O)c3c2)c1. The number of hydrogen-bond donors (Lipinski definition) is 3. The van der Waals surface area contributed by atoms with E-state index < -0.39 is 5.91 Å². The number of halogens is 1. The van der Waals surface area contributed by atoms with Gasteiger partial charge < -0.3 is 25.5 Å². The van der Waals surface area contributed by atoms with Crippen LogP contribution in [-0.2, 0) is 6.42 Å². The number of benzene rings is 3. The number of carbonyl (C=O) groups excluding carboxylic acids is 2. The standard InChI is InChI=1S/C32H34FN3O4/c1-19(2)16-36-32(38)23-6-10-27(39-18-21-11-12-35-17-21)24(15-23)13-20-3-9-28-26(14-20)29(31(34)37)30(40-28)22-4-7-25(33)8-5-22/h3-10,14-15,19,21,35H,11-13,16-18H2,1-2H3,(H2,34,37)(H,36,38). The Kier molecular flexibility index (Phi) is 8.16. The van der Waals surface area contributed by atoms with E-state index >= 15 is 0 Å². The fraction of sp³-hybridized carbons (Fsp3) is 0.312. The largest absolute Gasteiger partial charge is 0.493 e. The summed E-state index contributed by atoms with van der Waals surface area (Å²) in [6, 6.07) is 16.9. The van der Waals surface area contributed by atoms with E-state index in [1.807, 2.05) is 38.1 Å². The highest BCUT2D eigenvalue weighted by Crippen LogP contribution is 2.35. The van der Waals surface area contributed by atoms with Crippen LogP contribution in [0.4, 0.5) is 4.39 Å². The number of carbonyl (C=O) groups is 2. The van der Waals surface area contributed by atoms with E-state index in [-0.39, 0.29) is 17.3 Å². The third kappa shape index (κ3) is 6.18. The van der Waals surface area contributed by atoms with Crippen molar-refractivity contribution in [1.29, 1.82) is 0 Å². The molecule has 4 N–H and O–H groups in total. The average molecular weight is 544 g/mol. The zero-order valence-corrected chi connectivity index (χ0v) is 22.8. The highest BCUT2D eigenvalue weighted by atomic mass is 19.1. The van der Waals surface area contributed by atoms with E-state index in [4.69, 9.17) is 14.9 Å². The van der Waals surface area contributed by atoms with Crippen LogP contribution in [0.5, 0.6) is 5.75 Å². The lowest BCUT2D eigenvalue weighted by Crippen LogP contribution is -2.27. The third-order valence-corrected chi connectivity index (χ3v) is 7.13. The second-order valence-corrected chi connectivity index (χ2v) is 10.8. The Morgan fingerprint density at radius 2 is 1.93 bits per heavy atom. The molecular weight excluding hydrogens is 509 g/mol. The van der Waals surface area contributed by atoms with Crippen molar-refractivity contribution in [2.24, 2.45) is 17.6 Å². The van der Waals surface area contributed by atoms with Gasteiger partial charge in [-0.1, -0.05) is 19.9 Å². The highest BCUT2D eigenvalue weighted by Gasteiger charge is 2.22. The maximum atomic E-state index is 13.5. The van der Waals surface area contributed by atoms with Crippen molar-refractivity contribution in [2.75, 3.05) is 26.2 Å². The summed E-state index contributed by atoms with van der Waals surface area (Å²) in [6.45, 7) is 7.19. The molecule has 0 aliphatic carbocycles. The Bertz CT molecular complexity index is 1520. The minimum atomic E-state index is -0.631. The molecule has 2 heterocycles. The molecule has 40 heavy (non-hydrogen) atoms. The molecule has 1 unspecified atom stereocenters. The summed E-state index contributed by atoms with van der Waals surface area (Å²) in [5, 5.41) is 6.91. The van der Waals surface area contributed by atoms with E-state index in [0.29, 0.717) is 59.3 Å². The number of amides is 2. The molecule has 1 fully saturated rings. The van der Waals surface area contributed by atoms with Gasteiger partial charge >= 0.3 is 0 Å². The first-order valence-electron chi connectivity index (χ1n) is 13.6. The second kappa shape index (κ2) is 11.9. The summed E-state index contributed by atoms with van der Waals surface area (Å²) in [6.07, 6.45) is 1.53. The molecule has 7 nitrogen and oxygen atoms in total. The van der Waals surface area contributed by atoms with Crippen molar-refractivity contribution in [3.05, 3.63) is 88.7 Å². The lowest BCUT2D eigenvalue weighted by Gasteiger charge is -2.16. The van der Waals surface area contributed by atoms with Crippen LogP contribution in [0.15, 0.2) is 65.1 Å². The maximum absolute atomic E-state index is 13.5. The smallest absolute Gasteiger partial charge is 0.253 e. The molecule has 1 aliphatic rings. The van der Waals surface area contributed by atoms with Crippen LogP contribution < -0.4 is 21.1 Å². The maximum Gasteiger partial charge on any atom is 0.253 e. The van der Waals surface area contributed by atoms with Gasteiger partial charge in [0.25, 0.3) is 11.8 Å². The normalized spacial score (nSPS) is 15.1. The van der Waals surface area contributed by atoms with Crippen molar-refractivity contribution < 1.29 is 23.1 Å². The Labute approximate surface area is 232 Å². The Balaban J connectivity index is 1.48. The van der Waals surface area contributed by atoms with Crippen LogP contribution in [0.25, 0.3) is 22.3 Å². The molecule has 0 bridgehead atoms. The molecule has 4 aromatic rings. The van der Waals surface area contributed by atoms with Gasteiger partial charge in [0.2, 0.25) is 0 Å². The monoisotopic (exact) mass is 543 g/mol. The fourth-order valence-corrected chi connectivity index (χ4v) is 4.99. The molecule has 208 valence electrons. The van der Waals surface area contributed by atoms with Gasteiger partial charge in [-0.25, -0.2) is 4.39 Å². The van der Waals surface area contributed by atoms with Crippen LogP contribution >= 0.6 is 0 Å². The van der Waals surface area contributed by atoms with Gasteiger partial charge in [-0.05, 0) is 84.6 Å². The Morgan fingerprint density at radius 3 is 2.62 bits per heavy atom. The summed E-state index contributed by atoms with van der Waals surface area (Å²) in [5.41, 5.74) is 9.41. The number of nitrogens with one attached hydrogen (secondary N) is 2. The van der Waals surface area contributed by atoms with Crippen molar-refractivity contribution in [3.8, 4) is 17.1 Å². The Morgan fingerprint density at radius 1 is 1.12 bits per heavy atom. The van der Waals surface area contributed by atoms with Crippen LogP contribution in [0, 0.1) is 17.7 Å². The first-order valence-corrected chi connectivity index (χ1v) is 13.6. The molecule has 1 aliphatic heterocycles. The minimum Gasteiger partial charge on any atom is -0.493 e. The van der Waals surface area contributed by atoms with E-state index in [0.717, 1.165) is 36.4 Å². The Hall–Kier alpha value is -4.17. The fourth-order valence-electron chi connectivity index (χ4n) is 4.99. The second-order valence-electron chi connectivity index (χ2n) is 10.8. The highest BCUT2D eigenvalue weighted by molar-refractivity contribution is 6.10. The van der Waals surface area contributed by atoms with E-state index in [1.54, 1.807) is 24.3 Å². The lowest BCUT2D eigenvalue weighted by atomic mass is 9.98. The van der Waals surface area contributed by atoms with Crippen LogP contribution in [0.2, 0.25) is 0 Å². The van der Waals surface area contributed by atoms with E-state index in [1.165, 1.54) is 12.1 Å².